The number of pyridine rings is 1. The average molecular weight is 274 g/mol. The van der Waals surface area contributed by atoms with E-state index in [9.17, 15) is 9.59 Å². The van der Waals surface area contributed by atoms with E-state index < -0.39 is 0 Å². The molecule has 1 amide bonds. The van der Waals surface area contributed by atoms with Gasteiger partial charge in [0.15, 0.2) is 5.65 Å². The number of aromatic nitrogens is 3. The van der Waals surface area contributed by atoms with Crippen molar-refractivity contribution in [2.24, 2.45) is 13.0 Å². The zero-order chi connectivity index (χ0) is 14.3. The molecule has 0 saturated heterocycles. The third-order valence-corrected chi connectivity index (χ3v) is 3.96. The van der Waals surface area contributed by atoms with Gasteiger partial charge in [-0.1, -0.05) is 6.42 Å². The third-order valence-electron chi connectivity index (χ3n) is 3.96. The number of aromatic amines is 1. The molecule has 1 aliphatic rings. The van der Waals surface area contributed by atoms with Crippen molar-refractivity contribution in [2.75, 3.05) is 6.54 Å². The summed E-state index contributed by atoms with van der Waals surface area (Å²) in [5.74, 6) is 0.399. The molecule has 0 spiro atoms. The highest BCUT2D eigenvalue weighted by atomic mass is 16.2. The number of hydrogen-bond donors (Lipinski definition) is 2. The fourth-order valence-corrected chi connectivity index (χ4v) is 2.59. The molecule has 0 bridgehead atoms. The maximum atomic E-state index is 12.3. The SMILES string of the molecule is Cc1cc(C(=O)NCC2CCC2)c2c(=O)[nH]n(C)c2n1. The lowest BCUT2D eigenvalue weighted by molar-refractivity contribution is 0.0940. The van der Waals surface area contributed by atoms with Crippen LogP contribution >= 0.6 is 0 Å². The molecule has 1 saturated carbocycles. The van der Waals surface area contributed by atoms with Crippen molar-refractivity contribution in [3.05, 3.63) is 27.7 Å². The van der Waals surface area contributed by atoms with Crippen molar-refractivity contribution in [3.8, 4) is 0 Å². The number of amides is 1. The molecule has 20 heavy (non-hydrogen) atoms. The molecule has 106 valence electrons. The highest BCUT2D eigenvalue weighted by Gasteiger charge is 2.21. The Morgan fingerprint density at radius 1 is 1.55 bits per heavy atom. The molecule has 6 heteroatoms. The normalized spacial score (nSPS) is 15.3. The van der Waals surface area contributed by atoms with Crippen molar-refractivity contribution in [1.82, 2.24) is 20.1 Å². The van der Waals surface area contributed by atoms with Gasteiger partial charge >= 0.3 is 0 Å². The average Bonchev–Trinajstić information content (AvgIpc) is 2.62. The van der Waals surface area contributed by atoms with Gasteiger partial charge in [0.05, 0.1) is 10.9 Å². The van der Waals surface area contributed by atoms with Gasteiger partial charge in [-0.05, 0) is 31.7 Å². The number of carbonyl (C=O) groups excluding carboxylic acids is 1. The van der Waals surface area contributed by atoms with E-state index in [2.05, 4.69) is 15.4 Å². The Kier molecular flexibility index (Phi) is 3.08. The van der Waals surface area contributed by atoms with Crippen molar-refractivity contribution < 1.29 is 4.79 Å². The van der Waals surface area contributed by atoms with Crippen LogP contribution in [0.2, 0.25) is 0 Å². The second kappa shape index (κ2) is 4.77. The van der Waals surface area contributed by atoms with E-state index in [0.29, 0.717) is 29.1 Å². The number of hydrogen-bond acceptors (Lipinski definition) is 3. The van der Waals surface area contributed by atoms with Gasteiger partial charge in [-0.2, -0.15) is 0 Å². The Morgan fingerprint density at radius 2 is 2.30 bits per heavy atom. The Morgan fingerprint density at radius 3 is 2.95 bits per heavy atom. The van der Waals surface area contributed by atoms with Crippen LogP contribution in [0.15, 0.2) is 10.9 Å². The first kappa shape index (κ1) is 12.9. The van der Waals surface area contributed by atoms with Crippen LogP contribution in [-0.4, -0.2) is 27.2 Å². The predicted molar refractivity (Wildman–Crippen MR) is 75.7 cm³/mol. The maximum absolute atomic E-state index is 12.3. The van der Waals surface area contributed by atoms with Gasteiger partial charge in [0.25, 0.3) is 11.5 Å². The second-order valence-corrected chi connectivity index (χ2v) is 5.52. The summed E-state index contributed by atoms with van der Waals surface area (Å²) >= 11 is 0. The molecule has 0 radical (unpaired) electrons. The molecular formula is C14H18N4O2. The lowest BCUT2D eigenvalue weighted by Crippen LogP contribution is -2.32. The topological polar surface area (TPSA) is 79.8 Å². The van der Waals surface area contributed by atoms with E-state index in [4.69, 9.17) is 0 Å². The lowest BCUT2D eigenvalue weighted by atomic mass is 9.85. The molecule has 1 fully saturated rings. The Bertz CT molecular complexity index is 725. The van der Waals surface area contributed by atoms with Crippen molar-refractivity contribution in [1.29, 1.82) is 0 Å². The van der Waals surface area contributed by atoms with E-state index in [0.717, 1.165) is 5.69 Å². The highest BCUT2D eigenvalue weighted by Crippen LogP contribution is 2.25. The number of rotatable bonds is 3. The largest absolute Gasteiger partial charge is 0.352 e. The van der Waals surface area contributed by atoms with Gasteiger partial charge in [-0.25, -0.2) is 4.98 Å². The van der Waals surface area contributed by atoms with E-state index in [1.165, 1.54) is 19.3 Å². The minimum absolute atomic E-state index is 0.191. The first-order valence-corrected chi connectivity index (χ1v) is 6.91. The zero-order valence-corrected chi connectivity index (χ0v) is 11.7. The van der Waals surface area contributed by atoms with Crippen molar-refractivity contribution in [2.45, 2.75) is 26.2 Å². The van der Waals surface area contributed by atoms with Crippen LogP contribution in [0.1, 0.15) is 35.3 Å². The van der Waals surface area contributed by atoms with Gasteiger partial charge in [0.2, 0.25) is 0 Å². The quantitative estimate of drug-likeness (QED) is 0.879. The Labute approximate surface area is 116 Å². The van der Waals surface area contributed by atoms with Gasteiger partial charge < -0.3 is 5.32 Å². The number of H-pyrrole nitrogens is 1. The van der Waals surface area contributed by atoms with Gasteiger partial charge in [0.1, 0.15) is 0 Å². The Balaban J connectivity index is 1.96. The van der Waals surface area contributed by atoms with Crippen LogP contribution in [-0.2, 0) is 7.05 Å². The van der Waals surface area contributed by atoms with E-state index in [1.807, 2.05) is 6.92 Å². The molecule has 6 nitrogen and oxygen atoms in total. The van der Waals surface area contributed by atoms with Crippen LogP contribution in [0.3, 0.4) is 0 Å². The molecular weight excluding hydrogens is 256 g/mol. The fourth-order valence-electron chi connectivity index (χ4n) is 2.59. The Hall–Kier alpha value is -2.11. The minimum Gasteiger partial charge on any atom is -0.352 e. The fraction of sp³-hybridized carbons (Fsp3) is 0.500. The van der Waals surface area contributed by atoms with Crippen molar-refractivity contribution >= 4 is 16.9 Å². The maximum Gasteiger partial charge on any atom is 0.274 e. The van der Waals surface area contributed by atoms with Crippen LogP contribution < -0.4 is 10.9 Å². The lowest BCUT2D eigenvalue weighted by Gasteiger charge is -2.25. The molecule has 2 heterocycles. The van der Waals surface area contributed by atoms with Crippen molar-refractivity contribution in [3.63, 3.8) is 0 Å². The van der Waals surface area contributed by atoms with Crippen LogP contribution in [0.25, 0.3) is 11.0 Å². The molecule has 3 rings (SSSR count). The number of nitrogens with one attached hydrogen (secondary N) is 2. The first-order chi connectivity index (χ1) is 9.56. The second-order valence-electron chi connectivity index (χ2n) is 5.52. The number of carbonyl (C=O) groups is 1. The zero-order valence-electron chi connectivity index (χ0n) is 11.7. The molecule has 0 aliphatic heterocycles. The first-order valence-electron chi connectivity index (χ1n) is 6.91. The monoisotopic (exact) mass is 274 g/mol. The van der Waals surface area contributed by atoms with E-state index >= 15 is 0 Å². The molecule has 2 aromatic rings. The van der Waals surface area contributed by atoms with Gasteiger partial charge in [-0.3, -0.25) is 19.4 Å². The molecule has 1 aliphatic carbocycles. The number of aryl methyl sites for hydroxylation is 2. The molecule has 0 unspecified atom stereocenters. The summed E-state index contributed by atoms with van der Waals surface area (Å²) in [6.45, 7) is 2.51. The summed E-state index contributed by atoms with van der Waals surface area (Å²) < 4.78 is 1.55. The predicted octanol–water partition coefficient (Wildman–Crippen LogP) is 1.10. The van der Waals surface area contributed by atoms with Crippen LogP contribution in [0, 0.1) is 12.8 Å². The van der Waals surface area contributed by atoms with E-state index in [-0.39, 0.29) is 11.5 Å². The summed E-state index contributed by atoms with van der Waals surface area (Å²) in [5, 5.41) is 5.94. The molecule has 0 aromatic carbocycles. The summed E-state index contributed by atoms with van der Waals surface area (Å²) in [5.41, 5.74) is 1.38. The summed E-state index contributed by atoms with van der Waals surface area (Å²) in [6.07, 6.45) is 3.60. The van der Waals surface area contributed by atoms with Gasteiger partial charge in [0, 0.05) is 19.3 Å². The smallest absolute Gasteiger partial charge is 0.274 e. The molecule has 2 aromatic heterocycles. The minimum atomic E-state index is -0.274. The summed E-state index contributed by atoms with van der Waals surface area (Å²) in [6, 6.07) is 1.67. The number of nitrogens with zero attached hydrogens (tertiary/aromatic N) is 2. The molecule has 2 N–H and O–H groups in total. The standard InChI is InChI=1S/C14H18N4O2/c1-8-6-10(13(19)15-7-9-4-3-5-9)11-12(16-8)18(2)17-14(11)20/h6,9H,3-5,7H2,1-2H3,(H,15,19)(H,17,20). The number of fused-ring (bicyclic) bond motifs is 1. The van der Waals surface area contributed by atoms with Gasteiger partial charge in [-0.15, -0.1) is 0 Å². The molecule has 0 atom stereocenters. The highest BCUT2D eigenvalue weighted by molar-refractivity contribution is 6.05. The summed E-state index contributed by atoms with van der Waals surface area (Å²) in [4.78, 5) is 28.6. The van der Waals surface area contributed by atoms with E-state index in [1.54, 1.807) is 17.8 Å². The summed E-state index contributed by atoms with van der Waals surface area (Å²) in [7, 11) is 1.71. The van der Waals surface area contributed by atoms with Crippen LogP contribution in [0.4, 0.5) is 0 Å². The van der Waals surface area contributed by atoms with Crippen LogP contribution in [0.5, 0.6) is 0 Å². The third kappa shape index (κ3) is 2.11.